The minimum atomic E-state index is 0.850. The smallest absolute Gasteiger partial charge is 0.0426 e. The lowest BCUT2D eigenvalue weighted by Crippen LogP contribution is -2.37. The van der Waals surface area contributed by atoms with Crippen molar-refractivity contribution >= 4 is 5.69 Å². The minimum absolute atomic E-state index is 0.850. The molecule has 88 valence electrons. The largest absolute Gasteiger partial charge is 0.371 e. The molecule has 0 atom stereocenters. The second-order valence-electron chi connectivity index (χ2n) is 4.65. The Bertz CT molecular complexity index is 330. The Hall–Kier alpha value is -1.09. The number of pyridine rings is 1. The van der Waals surface area contributed by atoms with Crippen molar-refractivity contribution in [2.75, 3.05) is 31.6 Å². The van der Waals surface area contributed by atoms with Gasteiger partial charge in [0.1, 0.15) is 0 Å². The molecule has 0 radical (unpaired) electrons. The molecule has 2 heterocycles. The van der Waals surface area contributed by atoms with Crippen molar-refractivity contribution in [3.05, 3.63) is 24.0 Å². The molecular formula is C13H21N3. The van der Waals surface area contributed by atoms with Crippen LogP contribution >= 0.6 is 0 Å². The van der Waals surface area contributed by atoms with Crippen molar-refractivity contribution in [2.45, 2.75) is 19.8 Å². The first-order valence-corrected chi connectivity index (χ1v) is 6.11. The van der Waals surface area contributed by atoms with E-state index in [4.69, 9.17) is 0 Å². The Labute approximate surface area is 97.9 Å². The highest BCUT2D eigenvalue weighted by molar-refractivity contribution is 5.51. The van der Waals surface area contributed by atoms with E-state index in [1.807, 2.05) is 19.4 Å². The van der Waals surface area contributed by atoms with E-state index in [2.05, 4.69) is 28.2 Å². The lowest BCUT2D eigenvalue weighted by molar-refractivity contribution is 0.393. The highest BCUT2D eigenvalue weighted by atomic mass is 15.1. The van der Waals surface area contributed by atoms with Gasteiger partial charge >= 0.3 is 0 Å². The van der Waals surface area contributed by atoms with Gasteiger partial charge in [0.15, 0.2) is 0 Å². The van der Waals surface area contributed by atoms with Gasteiger partial charge in [0.2, 0.25) is 0 Å². The molecule has 1 N–H and O–H groups in total. The van der Waals surface area contributed by atoms with Crippen LogP contribution in [0.25, 0.3) is 0 Å². The Morgan fingerprint density at radius 3 is 2.81 bits per heavy atom. The molecule has 1 fully saturated rings. The van der Waals surface area contributed by atoms with Crippen molar-refractivity contribution < 1.29 is 0 Å². The fourth-order valence-corrected chi connectivity index (χ4v) is 2.49. The molecule has 1 saturated heterocycles. The highest BCUT2D eigenvalue weighted by Gasteiger charge is 2.19. The lowest BCUT2D eigenvalue weighted by Gasteiger charge is -2.34. The fourth-order valence-electron chi connectivity index (χ4n) is 2.49. The molecule has 3 heteroatoms. The van der Waals surface area contributed by atoms with Crippen LogP contribution in [0.3, 0.4) is 0 Å². The van der Waals surface area contributed by atoms with Gasteiger partial charge in [-0.3, -0.25) is 4.98 Å². The van der Waals surface area contributed by atoms with Gasteiger partial charge in [0, 0.05) is 31.2 Å². The number of rotatable bonds is 3. The molecule has 3 nitrogen and oxygen atoms in total. The number of nitrogens with one attached hydrogen (secondary N) is 1. The quantitative estimate of drug-likeness (QED) is 0.840. The summed E-state index contributed by atoms with van der Waals surface area (Å²) in [5, 5.41) is 3.27. The van der Waals surface area contributed by atoms with Crippen molar-refractivity contribution in [3.63, 3.8) is 0 Å². The summed E-state index contributed by atoms with van der Waals surface area (Å²) in [6.07, 6.45) is 6.43. The van der Waals surface area contributed by atoms with Crippen LogP contribution in [0, 0.1) is 12.8 Å². The molecule has 1 aromatic heterocycles. The van der Waals surface area contributed by atoms with Gasteiger partial charge in [-0.1, -0.05) is 0 Å². The molecule has 0 unspecified atom stereocenters. The molecule has 1 aliphatic heterocycles. The number of hydrogen-bond donors (Lipinski definition) is 1. The molecule has 1 aromatic rings. The third-order valence-electron chi connectivity index (χ3n) is 3.44. The van der Waals surface area contributed by atoms with E-state index in [0.29, 0.717) is 0 Å². The average molecular weight is 219 g/mol. The Morgan fingerprint density at radius 1 is 1.44 bits per heavy atom. The van der Waals surface area contributed by atoms with Crippen molar-refractivity contribution in [1.29, 1.82) is 0 Å². The van der Waals surface area contributed by atoms with Gasteiger partial charge in [0.05, 0.1) is 0 Å². The first kappa shape index (κ1) is 11.4. The van der Waals surface area contributed by atoms with E-state index in [0.717, 1.165) is 12.5 Å². The normalized spacial score (nSPS) is 17.8. The van der Waals surface area contributed by atoms with Gasteiger partial charge in [-0.2, -0.15) is 0 Å². The van der Waals surface area contributed by atoms with Crippen LogP contribution in [0.15, 0.2) is 18.5 Å². The number of hydrogen-bond acceptors (Lipinski definition) is 3. The molecule has 0 bridgehead atoms. The van der Waals surface area contributed by atoms with Crippen LogP contribution < -0.4 is 10.2 Å². The Kier molecular flexibility index (Phi) is 3.78. The van der Waals surface area contributed by atoms with Crippen LogP contribution in [-0.4, -0.2) is 31.7 Å². The summed E-state index contributed by atoms with van der Waals surface area (Å²) in [7, 11) is 2.04. The van der Waals surface area contributed by atoms with E-state index in [-0.39, 0.29) is 0 Å². The topological polar surface area (TPSA) is 28.2 Å². The maximum absolute atomic E-state index is 4.15. The van der Waals surface area contributed by atoms with E-state index >= 15 is 0 Å². The van der Waals surface area contributed by atoms with E-state index in [1.165, 1.54) is 37.2 Å². The third-order valence-corrected chi connectivity index (χ3v) is 3.44. The second-order valence-corrected chi connectivity index (χ2v) is 4.65. The molecule has 0 saturated carbocycles. The highest BCUT2D eigenvalue weighted by Crippen LogP contribution is 2.24. The maximum Gasteiger partial charge on any atom is 0.0426 e. The minimum Gasteiger partial charge on any atom is -0.371 e. The van der Waals surface area contributed by atoms with Crippen molar-refractivity contribution in [3.8, 4) is 0 Å². The monoisotopic (exact) mass is 219 g/mol. The van der Waals surface area contributed by atoms with Crippen molar-refractivity contribution in [1.82, 2.24) is 10.3 Å². The van der Waals surface area contributed by atoms with Crippen LogP contribution in [0.5, 0.6) is 0 Å². The Morgan fingerprint density at radius 2 is 2.19 bits per heavy atom. The second kappa shape index (κ2) is 5.30. The molecule has 2 rings (SSSR count). The molecule has 0 aromatic carbocycles. The lowest BCUT2D eigenvalue weighted by atomic mass is 9.96. The summed E-state index contributed by atoms with van der Waals surface area (Å²) in [5.74, 6) is 0.850. The Balaban J connectivity index is 1.96. The third kappa shape index (κ3) is 2.53. The maximum atomic E-state index is 4.15. The predicted octanol–water partition coefficient (Wildman–Crippen LogP) is 1.83. The van der Waals surface area contributed by atoms with Gasteiger partial charge in [-0.25, -0.2) is 0 Å². The summed E-state index contributed by atoms with van der Waals surface area (Å²) in [4.78, 5) is 6.64. The van der Waals surface area contributed by atoms with E-state index < -0.39 is 0 Å². The number of aryl methyl sites for hydroxylation is 1. The molecule has 0 amide bonds. The zero-order chi connectivity index (χ0) is 11.4. The number of aromatic nitrogens is 1. The molecule has 0 aliphatic carbocycles. The summed E-state index contributed by atoms with van der Waals surface area (Å²) in [6.45, 7) is 5.65. The number of anilines is 1. The van der Waals surface area contributed by atoms with E-state index in [1.54, 1.807) is 0 Å². The number of piperidine rings is 1. The van der Waals surface area contributed by atoms with Gasteiger partial charge in [-0.15, -0.1) is 0 Å². The van der Waals surface area contributed by atoms with Crippen molar-refractivity contribution in [2.24, 2.45) is 5.92 Å². The average Bonchev–Trinajstić information content (AvgIpc) is 2.31. The fraction of sp³-hybridized carbons (Fsp3) is 0.615. The zero-order valence-electron chi connectivity index (χ0n) is 10.2. The summed E-state index contributed by atoms with van der Waals surface area (Å²) < 4.78 is 0. The summed E-state index contributed by atoms with van der Waals surface area (Å²) in [5.41, 5.74) is 2.65. The first-order chi connectivity index (χ1) is 7.81. The standard InChI is InChI=1S/C13H21N3/c1-11-9-15-6-3-13(11)16-7-4-12(5-8-16)10-14-2/h3,6,9,12,14H,4-5,7-8,10H2,1-2H3. The molecular weight excluding hydrogens is 198 g/mol. The van der Waals surface area contributed by atoms with Crippen LogP contribution in [0.4, 0.5) is 5.69 Å². The zero-order valence-corrected chi connectivity index (χ0v) is 10.2. The molecule has 1 aliphatic rings. The van der Waals surface area contributed by atoms with Crippen LogP contribution in [-0.2, 0) is 0 Å². The van der Waals surface area contributed by atoms with Crippen LogP contribution in [0.1, 0.15) is 18.4 Å². The van der Waals surface area contributed by atoms with Crippen LogP contribution in [0.2, 0.25) is 0 Å². The van der Waals surface area contributed by atoms with E-state index in [9.17, 15) is 0 Å². The summed E-state index contributed by atoms with van der Waals surface area (Å²) in [6, 6.07) is 2.13. The SMILES string of the molecule is CNCC1CCN(c2ccncc2C)CC1. The molecule has 0 spiro atoms. The van der Waals surface area contributed by atoms with Gasteiger partial charge in [0.25, 0.3) is 0 Å². The first-order valence-electron chi connectivity index (χ1n) is 6.11. The number of nitrogens with zero attached hydrogens (tertiary/aromatic N) is 2. The summed E-state index contributed by atoms with van der Waals surface area (Å²) >= 11 is 0. The predicted molar refractivity (Wildman–Crippen MR) is 67.8 cm³/mol. The van der Waals surface area contributed by atoms with Gasteiger partial charge in [-0.05, 0) is 50.9 Å². The molecule has 16 heavy (non-hydrogen) atoms. The van der Waals surface area contributed by atoms with Gasteiger partial charge < -0.3 is 10.2 Å².